The first-order valence-corrected chi connectivity index (χ1v) is 8.78. The molecular weight excluding hydrogens is 304 g/mol. The Kier molecular flexibility index (Phi) is 6.79. The highest BCUT2D eigenvalue weighted by Gasteiger charge is 2.27. The van der Waals surface area contributed by atoms with Crippen LogP contribution in [0, 0.1) is 12.8 Å². The predicted octanol–water partition coefficient (Wildman–Crippen LogP) is 2.53. The lowest BCUT2D eigenvalue weighted by molar-refractivity contribution is -0.145. The second-order valence-corrected chi connectivity index (χ2v) is 6.71. The molecule has 0 radical (unpaired) electrons. The summed E-state index contributed by atoms with van der Waals surface area (Å²) in [5.41, 5.74) is 2.34. The Morgan fingerprint density at radius 1 is 1.29 bits per heavy atom. The molecule has 1 aromatic carbocycles. The number of carboxylic acid groups (broad SMARTS) is 1. The van der Waals surface area contributed by atoms with Crippen LogP contribution in [0.1, 0.15) is 37.3 Å². The van der Waals surface area contributed by atoms with E-state index in [0.717, 1.165) is 31.5 Å². The average Bonchev–Trinajstić information content (AvgIpc) is 2.56. The molecule has 0 bridgehead atoms. The lowest BCUT2D eigenvalue weighted by Crippen LogP contribution is -2.45. The van der Waals surface area contributed by atoms with E-state index in [1.54, 1.807) is 0 Å². The number of hydrogen-bond acceptors (Lipinski definition) is 3. The van der Waals surface area contributed by atoms with E-state index in [-0.39, 0.29) is 11.8 Å². The van der Waals surface area contributed by atoms with Crippen LogP contribution in [0.2, 0.25) is 0 Å². The molecule has 0 spiro atoms. The van der Waals surface area contributed by atoms with Crippen LogP contribution in [0.25, 0.3) is 0 Å². The summed E-state index contributed by atoms with van der Waals surface area (Å²) in [6, 6.07) is 8.25. The normalized spacial score (nSPS) is 18.3. The number of carboxylic acids is 1. The molecule has 5 heteroatoms. The van der Waals surface area contributed by atoms with Crippen LogP contribution >= 0.6 is 0 Å². The third-order valence-electron chi connectivity index (χ3n) is 4.55. The van der Waals surface area contributed by atoms with Crippen LogP contribution in [0.3, 0.4) is 0 Å². The van der Waals surface area contributed by atoms with E-state index in [4.69, 9.17) is 0 Å². The number of hydrogen-bond donors (Lipinski definition) is 1. The van der Waals surface area contributed by atoms with Crippen molar-refractivity contribution in [1.82, 2.24) is 9.80 Å². The Morgan fingerprint density at radius 2 is 2.00 bits per heavy atom. The van der Waals surface area contributed by atoms with Crippen molar-refractivity contribution >= 4 is 11.9 Å². The van der Waals surface area contributed by atoms with Gasteiger partial charge in [0.2, 0.25) is 5.91 Å². The van der Waals surface area contributed by atoms with Crippen LogP contribution in [0.4, 0.5) is 0 Å². The average molecular weight is 332 g/mol. The van der Waals surface area contributed by atoms with Crippen molar-refractivity contribution in [2.24, 2.45) is 5.92 Å². The van der Waals surface area contributed by atoms with Crippen molar-refractivity contribution < 1.29 is 14.7 Å². The first-order chi connectivity index (χ1) is 11.5. The van der Waals surface area contributed by atoms with Gasteiger partial charge in [-0.3, -0.25) is 14.5 Å². The summed E-state index contributed by atoms with van der Waals surface area (Å²) in [5, 5.41) is 9.18. The molecule has 0 aromatic heterocycles. The summed E-state index contributed by atoms with van der Waals surface area (Å²) in [6.45, 7) is 7.05. The number of carbonyl (C=O) groups excluding carboxylic acids is 1. The zero-order chi connectivity index (χ0) is 17.5. The van der Waals surface area contributed by atoms with Crippen molar-refractivity contribution in [3.05, 3.63) is 35.4 Å². The lowest BCUT2D eigenvalue weighted by atomic mass is 9.98. The summed E-state index contributed by atoms with van der Waals surface area (Å²) in [5.74, 6) is -1.01. The largest absolute Gasteiger partial charge is 0.481 e. The van der Waals surface area contributed by atoms with Gasteiger partial charge in [0.1, 0.15) is 0 Å². The van der Waals surface area contributed by atoms with Gasteiger partial charge in [-0.25, -0.2) is 0 Å². The van der Waals surface area contributed by atoms with E-state index < -0.39 is 5.97 Å². The minimum absolute atomic E-state index is 0.0865. The van der Waals surface area contributed by atoms with E-state index in [1.807, 2.05) is 16.7 Å². The van der Waals surface area contributed by atoms with E-state index in [1.165, 1.54) is 5.56 Å². The second-order valence-electron chi connectivity index (χ2n) is 6.71. The highest BCUT2D eigenvalue weighted by molar-refractivity contribution is 5.78. The topological polar surface area (TPSA) is 60.9 Å². The molecule has 1 aromatic rings. The minimum Gasteiger partial charge on any atom is -0.481 e. The summed E-state index contributed by atoms with van der Waals surface area (Å²) < 4.78 is 0. The lowest BCUT2D eigenvalue weighted by Gasteiger charge is -2.32. The number of likely N-dealkylation sites (tertiary alicyclic amines) is 1. The van der Waals surface area contributed by atoms with Crippen LogP contribution in [-0.2, 0) is 16.1 Å². The predicted molar refractivity (Wildman–Crippen MR) is 93.7 cm³/mol. The molecular formula is C19H28N2O3. The van der Waals surface area contributed by atoms with Crippen molar-refractivity contribution in [3.8, 4) is 0 Å². The molecule has 1 aliphatic heterocycles. The van der Waals surface area contributed by atoms with Gasteiger partial charge in [-0.1, -0.05) is 36.8 Å². The van der Waals surface area contributed by atoms with Gasteiger partial charge in [0.25, 0.3) is 0 Å². The zero-order valence-corrected chi connectivity index (χ0v) is 14.7. The highest BCUT2D eigenvalue weighted by atomic mass is 16.4. The summed E-state index contributed by atoms with van der Waals surface area (Å²) in [6.07, 6.45) is 2.47. The summed E-state index contributed by atoms with van der Waals surface area (Å²) in [4.78, 5) is 27.7. The number of aliphatic carboxylic acids is 1. The first-order valence-electron chi connectivity index (χ1n) is 8.78. The third kappa shape index (κ3) is 5.34. The fourth-order valence-electron chi connectivity index (χ4n) is 3.17. The molecule has 1 atom stereocenters. The molecule has 132 valence electrons. The van der Waals surface area contributed by atoms with Gasteiger partial charge in [-0.2, -0.15) is 0 Å². The SMILES string of the molecule is CCCN(Cc1ccc(C)cc1)C(=O)CN1CCCC(C(=O)O)C1. The number of piperidine rings is 1. The fraction of sp³-hybridized carbons (Fsp3) is 0.579. The maximum Gasteiger partial charge on any atom is 0.307 e. The molecule has 1 aliphatic rings. The number of benzene rings is 1. The highest BCUT2D eigenvalue weighted by Crippen LogP contribution is 2.17. The number of carbonyl (C=O) groups is 2. The fourth-order valence-corrected chi connectivity index (χ4v) is 3.17. The molecule has 0 aliphatic carbocycles. The summed E-state index contributed by atoms with van der Waals surface area (Å²) >= 11 is 0. The van der Waals surface area contributed by atoms with Crippen LogP contribution in [-0.4, -0.2) is 53.0 Å². The van der Waals surface area contributed by atoms with Gasteiger partial charge >= 0.3 is 5.97 Å². The van der Waals surface area contributed by atoms with Gasteiger partial charge in [0, 0.05) is 19.6 Å². The smallest absolute Gasteiger partial charge is 0.307 e. The molecule has 1 unspecified atom stereocenters. The van der Waals surface area contributed by atoms with Gasteiger partial charge < -0.3 is 10.0 Å². The zero-order valence-electron chi connectivity index (χ0n) is 14.7. The molecule has 1 saturated heterocycles. The Bertz CT molecular complexity index is 556. The van der Waals surface area contributed by atoms with Crippen molar-refractivity contribution in [1.29, 1.82) is 0 Å². The molecule has 24 heavy (non-hydrogen) atoms. The first kappa shape index (κ1) is 18.5. The van der Waals surface area contributed by atoms with Crippen molar-refractivity contribution in [2.75, 3.05) is 26.2 Å². The van der Waals surface area contributed by atoms with Gasteiger partial charge in [0.05, 0.1) is 12.5 Å². The molecule has 1 N–H and O–H groups in total. The number of aryl methyl sites for hydroxylation is 1. The molecule has 1 amide bonds. The Hall–Kier alpha value is -1.88. The Labute approximate surface area is 144 Å². The minimum atomic E-state index is -0.753. The molecule has 1 fully saturated rings. The van der Waals surface area contributed by atoms with E-state index in [2.05, 4.69) is 31.2 Å². The Morgan fingerprint density at radius 3 is 2.62 bits per heavy atom. The standard InChI is InChI=1S/C19H28N2O3/c1-3-10-21(12-16-8-6-15(2)7-9-16)18(22)14-20-11-4-5-17(13-20)19(23)24/h6-9,17H,3-5,10-14H2,1-2H3,(H,23,24). The van der Waals surface area contributed by atoms with Crippen molar-refractivity contribution in [3.63, 3.8) is 0 Å². The van der Waals surface area contributed by atoms with E-state index in [9.17, 15) is 14.7 Å². The van der Waals surface area contributed by atoms with Gasteiger partial charge in [-0.05, 0) is 38.3 Å². The third-order valence-corrected chi connectivity index (χ3v) is 4.55. The number of amides is 1. The quantitative estimate of drug-likeness (QED) is 0.833. The van der Waals surface area contributed by atoms with E-state index in [0.29, 0.717) is 26.1 Å². The molecule has 2 rings (SSSR count). The van der Waals surface area contributed by atoms with Gasteiger partial charge in [0.15, 0.2) is 0 Å². The maximum absolute atomic E-state index is 12.7. The van der Waals surface area contributed by atoms with Crippen LogP contribution in [0.5, 0.6) is 0 Å². The van der Waals surface area contributed by atoms with E-state index >= 15 is 0 Å². The molecule has 5 nitrogen and oxygen atoms in total. The number of rotatable bonds is 7. The molecule has 0 saturated carbocycles. The van der Waals surface area contributed by atoms with Gasteiger partial charge in [-0.15, -0.1) is 0 Å². The Balaban J connectivity index is 1.95. The summed E-state index contributed by atoms with van der Waals surface area (Å²) in [7, 11) is 0. The van der Waals surface area contributed by atoms with Crippen LogP contribution in [0.15, 0.2) is 24.3 Å². The van der Waals surface area contributed by atoms with Crippen molar-refractivity contribution in [2.45, 2.75) is 39.7 Å². The van der Waals surface area contributed by atoms with Crippen LogP contribution < -0.4 is 0 Å². The second kappa shape index (κ2) is 8.83. The number of nitrogens with zero attached hydrogens (tertiary/aromatic N) is 2. The maximum atomic E-state index is 12.7. The monoisotopic (exact) mass is 332 g/mol. The molecule has 1 heterocycles.